The van der Waals surface area contributed by atoms with Crippen LogP contribution >= 0.6 is 0 Å². The number of anilines is 2. The number of amides is 2. The van der Waals surface area contributed by atoms with Crippen molar-refractivity contribution in [1.82, 2.24) is 0 Å². The lowest BCUT2D eigenvalue weighted by Gasteiger charge is -2.30. The number of rotatable bonds is 2. The van der Waals surface area contributed by atoms with Crippen molar-refractivity contribution in [1.29, 1.82) is 0 Å². The largest absolute Gasteiger partial charge is 0.444 e. The average molecular weight is 388 g/mol. The molecule has 0 bridgehead atoms. The maximum Gasteiger partial charge on any atom is 0.412 e. The lowest BCUT2D eigenvalue weighted by atomic mass is 10.00. The van der Waals surface area contributed by atoms with E-state index in [2.05, 4.69) is 5.32 Å². The van der Waals surface area contributed by atoms with Gasteiger partial charge in [-0.05, 0) is 69.5 Å². The van der Waals surface area contributed by atoms with Gasteiger partial charge in [-0.2, -0.15) is 0 Å². The molecule has 0 atom stereocenters. The third kappa shape index (κ3) is 4.47. The summed E-state index contributed by atoms with van der Waals surface area (Å²) in [6, 6.07) is 8.30. The number of benzene rings is 2. The number of aryl methyl sites for hydroxylation is 1. The minimum atomic E-state index is -0.744. The van der Waals surface area contributed by atoms with Crippen LogP contribution in [0.2, 0.25) is 0 Å². The Morgan fingerprint density at radius 3 is 2.43 bits per heavy atom. The molecule has 0 saturated heterocycles. The smallest absolute Gasteiger partial charge is 0.412 e. The first-order valence-electron chi connectivity index (χ1n) is 9.04. The van der Waals surface area contributed by atoms with Crippen LogP contribution in [-0.2, 0) is 11.2 Å². The molecule has 0 spiro atoms. The molecule has 7 heteroatoms. The number of nitrogens with one attached hydrogen (secondary N) is 1. The summed E-state index contributed by atoms with van der Waals surface area (Å²) in [5.74, 6) is -1.77. The van der Waals surface area contributed by atoms with Gasteiger partial charge in [0.05, 0.1) is 5.69 Å². The van der Waals surface area contributed by atoms with E-state index >= 15 is 0 Å². The normalized spacial score (nSPS) is 13.7. The molecule has 1 aliphatic heterocycles. The molecule has 1 heterocycles. The van der Waals surface area contributed by atoms with Crippen molar-refractivity contribution in [2.45, 2.75) is 39.2 Å². The highest BCUT2D eigenvalue weighted by Gasteiger charge is 2.27. The summed E-state index contributed by atoms with van der Waals surface area (Å²) in [7, 11) is 0. The molecule has 1 aliphatic rings. The highest BCUT2D eigenvalue weighted by Crippen LogP contribution is 2.32. The van der Waals surface area contributed by atoms with E-state index < -0.39 is 23.3 Å². The van der Waals surface area contributed by atoms with Crippen molar-refractivity contribution >= 4 is 23.4 Å². The van der Waals surface area contributed by atoms with Gasteiger partial charge in [0, 0.05) is 23.9 Å². The topological polar surface area (TPSA) is 58.6 Å². The van der Waals surface area contributed by atoms with Crippen LogP contribution in [0.5, 0.6) is 0 Å². The highest BCUT2D eigenvalue weighted by atomic mass is 19.1. The minimum absolute atomic E-state index is 0.133. The van der Waals surface area contributed by atoms with Crippen molar-refractivity contribution in [2.24, 2.45) is 0 Å². The molecule has 2 aromatic rings. The summed E-state index contributed by atoms with van der Waals surface area (Å²) in [6.07, 6.45) is 0.549. The van der Waals surface area contributed by atoms with E-state index in [9.17, 15) is 18.4 Å². The van der Waals surface area contributed by atoms with Crippen LogP contribution < -0.4 is 10.2 Å². The minimum Gasteiger partial charge on any atom is -0.444 e. The second kappa shape index (κ2) is 7.58. The Morgan fingerprint density at radius 1 is 1.11 bits per heavy atom. The zero-order valence-corrected chi connectivity index (χ0v) is 16.0. The SMILES string of the molecule is CC(C)(C)OC(=O)Nc1ccc(C(=O)N2CCCc3cc(F)cc(F)c32)cc1. The Balaban J connectivity index is 1.77. The van der Waals surface area contributed by atoms with Gasteiger partial charge in [-0.15, -0.1) is 0 Å². The van der Waals surface area contributed by atoms with Gasteiger partial charge < -0.3 is 9.64 Å². The summed E-state index contributed by atoms with van der Waals surface area (Å²) in [5, 5.41) is 2.59. The summed E-state index contributed by atoms with van der Waals surface area (Å²) >= 11 is 0. The molecule has 0 radical (unpaired) electrons. The number of hydrogen-bond acceptors (Lipinski definition) is 3. The summed E-state index contributed by atoms with van der Waals surface area (Å²) in [5.41, 5.74) is 0.809. The first kappa shape index (κ1) is 19.8. The predicted molar refractivity (Wildman–Crippen MR) is 103 cm³/mol. The van der Waals surface area contributed by atoms with Gasteiger partial charge in [-0.25, -0.2) is 13.6 Å². The quantitative estimate of drug-likeness (QED) is 0.796. The van der Waals surface area contributed by atoms with Gasteiger partial charge in [0.15, 0.2) is 0 Å². The number of carbonyl (C=O) groups is 2. The van der Waals surface area contributed by atoms with Gasteiger partial charge in [0.25, 0.3) is 5.91 Å². The van der Waals surface area contributed by atoms with Crippen molar-refractivity contribution in [2.75, 3.05) is 16.8 Å². The van der Waals surface area contributed by atoms with Gasteiger partial charge in [-0.1, -0.05) is 0 Å². The van der Waals surface area contributed by atoms with E-state index in [0.29, 0.717) is 36.2 Å². The van der Waals surface area contributed by atoms with Gasteiger partial charge in [0.1, 0.15) is 17.2 Å². The lowest BCUT2D eigenvalue weighted by Crippen LogP contribution is -2.36. The Bertz CT molecular complexity index is 905. The molecule has 5 nitrogen and oxygen atoms in total. The van der Waals surface area contributed by atoms with Crippen LogP contribution in [0, 0.1) is 11.6 Å². The average Bonchev–Trinajstić information content (AvgIpc) is 2.59. The number of fused-ring (bicyclic) bond motifs is 1. The van der Waals surface area contributed by atoms with Gasteiger partial charge in [0.2, 0.25) is 0 Å². The molecule has 28 heavy (non-hydrogen) atoms. The molecular formula is C21H22F2N2O3. The third-order valence-corrected chi connectivity index (χ3v) is 4.23. The first-order valence-corrected chi connectivity index (χ1v) is 9.04. The number of halogens is 2. The molecule has 0 aromatic heterocycles. The molecule has 0 aliphatic carbocycles. The molecule has 2 aromatic carbocycles. The monoisotopic (exact) mass is 388 g/mol. The zero-order valence-electron chi connectivity index (χ0n) is 16.0. The van der Waals surface area contributed by atoms with Gasteiger partial charge in [-0.3, -0.25) is 10.1 Å². The Morgan fingerprint density at radius 2 is 1.79 bits per heavy atom. The van der Waals surface area contributed by atoms with Crippen LogP contribution in [-0.4, -0.2) is 24.1 Å². The second-order valence-corrected chi connectivity index (χ2v) is 7.66. The number of hydrogen-bond donors (Lipinski definition) is 1. The fraction of sp³-hybridized carbons (Fsp3) is 0.333. The molecular weight excluding hydrogens is 366 g/mol. The van der Waals surface area contributed by atoms with Crippen molar-refractivity contribution < 1.29 is 23.1 Å². The Labute approximate surface area is 162 Å². The van der Waals surface area contributed by atoms with Crippen molar-refractivity contribution in [3.05, 3.63) is 59.2 Å². The number of nitrogens with zero attached hydrogens (tertiary/aromatic N) is 1. The van der Waals surface area contributed by atoms with Crippen LogP contribution in [0.3, 0.4) is 0 Å². The number of carbonyl (C=O) groups excluding carboxylic acids is 2. The summed E-state index contributed by atoms with van der Waals surface area (Å²) in [4.78, 5) is 26.0. The summed E-state index contributed by atoms with van der Waals surface area (Å²) < 4.78 is 33.0. The van der Waals surface area contributed by atoms with E-state index in [1.54, 1.807) is 45.0 Å². The van der Waals surface area contributed by atoms with Crippen molar-refractivity contribution in [3.8, 4) is 0 Å². The molecule has 3 rings (SSSR count). The fourth-order valence-corrected chi connectivity index (χ4v) is 3.13. The van der Waals surface area contributed by atoms with E-state index in [0.717, 1.165) is 6.07 Å². The van der Waals surface area contributed by atoms with E-state index in [1.165, 1.54) is 11.0 Å². The molecule has 0 unspecified atom stereocenters. The maximum atomic E-state index is 14.3. The Kier molecular flexibility index (Phi) is 5.36. The van der Waals surface area contributed by atoms with Crippen LogP contribution in [0.4, 0.5) is 25.0 Å². The standard InChI is InChI=1S/C21H22F2N2O3/c1-21(2,3)28-20(27)24-16-8-6-13(7-9-16)19(26)25-10-4-5-14-11-15(22)12-17(23)18(14)25/h6-9,11-12H,4-5,10H2,1-3H3,(H,24,27). The van der Waals surface area contributed by atoms with Crippen LogP contribution in [0.15, 0.2) is 36.4 Å². The van der Waals surface area contributed by atoms with Crippen LogP contribution in [0.1, 0.15) is 43.1 Å². The molecule has 0 saturated carbocycles. The molecule has 0 fully saturated rings. The molecule has 148 valence electrons. The first-order chi connectivity index (χ1) is 13.1. The zero-order chi connectivity index (χ0) is 20.5. The van der Waals surface area contributed by atoms with Gasteiger partial charge >= 0.3 is 6.09 Å². The summed E-state index contributed by atoms with van der Waals surface area (Å²) in [6.45, 7) is 5.63. The predicted octanol–water partition coefficient (Wildman–Crippen LogP) is 4.90. The van der Waals surface area contributed by atoms with Crippen molar-refractivity contribution in [3.63, 3.8) is 0 Å². The fourth-order valence-electron chi connectivity index (χ4n) is 3.13. The third-order valence-electron chi connectivity index (χ3n) is 4.23. The maximum absolute atomic E-state index is 14.3. The van der Waals surface area contributed by atoms with Crippen LogP contribution in [0.25, 0.3) is 0 Å². The molecule has 1 N–H and O–H groups in total. The second-order valence-electron chi connectivity index (χ2n) is 7.66. The van der Waals surface area contributed by atoms with E-state index in [1.807, 2.05) is 0 Å². The highest BCUT2D eigenvalue weighted by molar-refractivity contribution is 6.07. The van der Waals surface area contributed by atoms with E-state index in [4.69, 9.17) is 4.74 Å². The number of ether oxygens (including phenoxy) is 1. The molecule has 2 amide bonds. The van der Waals surface area contributed by atoms with E-state index in [-0.39, 0.29) is 11.6 Å². The Hall–Kier alpha value is -2.96. The lowest BCUT2D eigenvalue weighted by molar-refractivity contribution is 0.0636.